The third kappa shape index (κ3) is 7.31. The van der Waals surface area contributed by atoms with Crippen molar-refractivity contribution in [1.29, 1.82) is 0 Å². The van der Waals surface area contributed by atoms with Crippen LogP contribution >= 0.6 is 0 Å². The van der Waals surface area contributed by atoms with Gasteiger partial charge < -0.3 is 20.1 Å². The number of methoxy groups -OCH3 is 1. The number of hydrogen-bond donors (Lipinski definition) is 1. The van der Waals surface area contributed by atoms with Gasteiger partial charge in [-0.25, -0.2) is 9.18 Å². The first-order valence-electron chi connectivity index (χ1n) is 10.4. The molecule has 2 rings (SSSR count). The summed E-state index contributed by atoms with van der Waals surface area (Å²) in [6.45, 7) is 5.68. The topological polar surface area (TPSA) is 94.2 Å². The molecule has 0 atom stereocenters. The first-order valence-corrected chi connectivity index (χ1v) is 10.4. The zero-order chi connectivity index (χ0) is 22.1. The fourth-order valence-electron chi connectivity index (χ4n) is 3.27. The van der Waals surface area contributed by atoms with E-state index in [9.17, 15) is 14.0 Å². The minimum absolute atomic E-state index is 0.0593. The number of nitrogens with zero attached hydrogens (tertiary/aromatic N) is 2. The van der Waals surface area contributed by atoms with Crippen LogP contribution in [0.25, 0.3) is 0 Å². The molecule has 1 aliphatic heterocycles. The molecule has 1 aliphatic rings. The number of carbonyl (C=O) groups excluding carboxylic acids is 2. The summed E-state index contributed by atoms with van der Waals surface area (Å²) in [6.07, 6.45) is 3.60. The van der Waals surface area contributed by atoms with Crippen LogP contribution in [-0.2, 0) is 16.0 Å². The molecule has 0 saturated carbocycles. The van der Waals surface area contributed by atoms with E-state index in [2.05, 4.69) is 9.73 Å². The number of piperidine rings is 1. The number of likely N-dealkylation sites (tertiary alicyclic amines) is 1. The van der Waals surface area contributed by atoms with E-state index >= 15 is 0 Å². The van der Waals surface area contributed by atoms with Gasteiger partial charge in [0.1, 0.15) is 17.4 Å². The molecule has 1 heterocycles. The molecule has 2 N–H and O–H groups in total. The third-order valence-corrected chi connectivity index (χ3v) is 5.31. The fourth-order valence-corrected chi connectivity index (χ4v) is 3.27. The average molecular weight is 422 g/mol. The number of benzene rings is 1. The molecule has 1 aromatic carbocycles. The van der Waals surface area contributed by atoms with Crippen LogP contribution in [-0.4, -0.2) is 49.5 Å². The van der Waals surface area contributed by atoms with E-state index in [-0.39, 0.29) is 23.9 Å². The number of hydrogen-bond acceptors (Lipinski definition) is 4. The summed E-state index contributed by atoms with van der Waals surface area (Å²) in [6, 6.07) is 4.25. The second-order valence-corrected chi connectivity index (χ2v) is 7.90. The molecule has 1 saturated heterocycles. The van der Waals surface area contributed by atoms with Crippen molar-refractivity contribution in [3.63, 3.8) is 0 Å². The van der Waals surface area contributed by atoms with Gasteiger partial charge in [-0.1, -0.05) is 19.9 Å². The van der Waals surface area contributed by atoms with E-state index in [0.717, 1.165) is 25.7 Å². The van der Waals surface area contributed by atoms with Crippen LogP contribution in [0.5, 0.6) is 5.75 Å². The van der Waals surface area contributed by atoms with Crippen molar-refractivity contribution in [2.75, 3.05) is 26.8 Å². The van der Waals surface area contributed by atoms with E-state index in [1.54, 1.807) is 17.0 Å². The normalized spacial score (nSPS) is 15.4. The second kappa shape index (κ2) is 11.5. The van der Waals surface area contributed by atoms with Gasteiger partial charge in [-0.3, -0.25) is 4.79 Å². The van der Waals surface area contributed by atoms with Gasteiger partial charge in [-0.15, -0.1) is 0 Å². The standard InChI is InChI=1S/C22H32FN3O4/c1-15(2)21(24)25-22(28)26-10-8-16(9-11-26)5-4-12-30-18-7-6-17(19(23)14-18)13-20(27)29-3/h6-7,14-16H,4-5,8-13H2,1-3H3,(H2,24,25,28). The van der Waals surface area contributed by atoms with Crippen LogP contribution in [0.15, 0.2) is 23.2 Å². The highest BCUT2D eigenvalue weighted by molar-refractivity contribution is 5.93. The SMILES string of the molecule is COC(=O)Cc1ccc(OCCCC2CCN(C(=O)/N=C(\N)C(C)C)CC2)cc1F. The molecule has 0 bridgehead atoms. The molecule has 0 unspecified atom stereocenters. The number of rotatable bonds is 8. The summed E-state index contributed by atoms with van der Waals surface area (Å²) in [5.41, 5.74) is 6.06. The van der Waals surface area contributed by atoms with Crippen molar-refractivity contribution in [3.8, 4) is 5.75 Å². The Kier molecular flexibility index (Phi) is 9.08. The number of ether oxygens (including phenoxy) is 2. The highest BCUT2D eigenvalue weighted by Crippen LogP contribution is 2.23. The Balaban J connectivity index is 1.69. The zero-order valence-electron chi connectivity index (χ0n) is 18.0. The Morgan fingerprint density at radius 1 is 1.30 bits per heavy atom. The molecule has 0 spiro atoms. The Hall–Kier alpha value is -2.64. The predicted octanol–water partition coefficient (Wildman–Crippen LogP) is 3.55. The first kappa shape index (κ1) is 23.6. The quantitative estimate of drug-likeness (QED) is 0.300. The second-order valence-electron chi connectivity index (χ2n) is 7.90. The molecule has 7 nitrogen and oxygen atoms in total. The first-order chi connectivity index (χ1) is 14.3. The molecule has 0 aliphatic carbocycles. The van der Waals surface area contributed by atoms with Gasteiger partial charge >= 0.3 is 12.0 Å². The smallest absolute Gasteiger partial charge is 0.345 e. The molecule has 166 valence electrons. The lowest BCUT2D eigenvalue weighted by Gasteiger charge is -2.30. The Morgan fingerprint density at radius 2 is 2.00 bits per heavy atom. The Labute approximate surface area is 177 Å². The van der Waals surface area contributed by atoms with Crippen molar-refractivity contribution in [1.82, 2.24) is 4.90 Å². The monoisotopic (exact) mass is 421 g/mol. The molecular weight excluding hydrogens is 389 g/mol. The van der Waals surface area contributed by atoms with Crippen molar-refractivity contribution >= 4 is 17.8 Å². The maximum atomic E-state index is 14.0. The summed E-state index contributed by atoms with van der Waals surface area (Å²) in [4.78, 5) is 29.1. The van der Waals surface area contributed by atoms with Gasteiger partial charge in [0.15, 0.2) is 0 Å². The summed E-state index contributed by atoms with van der Waals surface area (Å²) in [5, 5.41) is 0. The summed E-state index contributed by atoms with van der Waals surface area (Å²) >= 11 is 0. The lowest BCUT2D eigenvalue weighted by Crippen LogP contribution is -2.38. The Bertz CT molecular complexity index is 759. The maximum Gasteiger partial charge on any atom is 0.345 e. The highest BCUT2D eigenvalue weighted by atomic mass is 19.1. The van der Waals surface area contributed by atoms with Crippen molar-refractivity contribution in [2.24, 2.45) is 22.6 Å². The van der Waals surface area contributed by atoms with Gasteiger partial charge in [0.25, 0.3) is 0 Å². The van der Waals surface area contributed by atoms with Crippen molar-refractivity contribution in [3.05, 3.63) is 29.6 Å². The summed E-state index contributed by atoms with van der Waals surface area (Å²) in [5.74, 6) is 0.449. The van der Waals surface area contributed by atoms with Gasteiger partial charge in [-0.2, -0.15) is 4.99 Å². The molecule has 8 heteroatoms. The fraction of sp³-hybridized carbons (Fsp3) is 0.591. The predicted molar refractivity (Wildman–Crippen MR) is 113 cm³/mol. The van der Waals surface area contributed by atoms with Crippen molar-refractivity contribution < 1.29 is 23.5 Å². The van der Waals surface area contributed by atoms with Gasteiger partial charge in [-0.05, 0) is 43.2 Å². The molecule has 1 fully saturated rings. The van der Waals surface area contributed by atoms with Crippen LogP contribution in [0.3, 0.4) is 0 Å². The number of nitrogens with two attached hydrogens (primary N) is 1. The number of urea groups is 1. The maximum absolute atomic E-state index is 14.0. The largest absolute Gasteiger partial charge is 0.493 e. The minimum atomic E-state index is -0.481. The molecule has 0 aromatic heterocycles. The molecule has 30 heavy (non-hydrogen) atoms. The lowest BCUT2D eigenvalue weighted by atomic mass is 9.92. The van der Waals surface area contributed by atoms with Gasteiger partial charge in [0.05, 0.1) is 20.1 Å². The van der Waals surface area contributed by atoms with E-state index < -0.39 is 11.8 Å². The van der Waals surface area contributed by atoms with Crippen LogP contribution in [0, 0.1) is 17.7 Å². The molecule has 2 amide bonds. The number of halogens is 1. The van der Waals surface area contributed by atoms with Crippen LogP contribution in [0.1, 0.15) is 45.1 Å². The van der Waals surface area contributed by atoms with E-state index in [1.165, 1.54) is 13.2 Å². The van der Waals surface area contributed by atoms with Crippen LogP contribution < -0.4 is 10.5 Å². The third-order valence-electron chi connectivity index (χ3n) is 5.31. The lowest BCUT2D eigenvalue weighted by molar-refractivity contribution is -0.139. The number of amides is 2. The molecular formula is C22H32FN3O4. The van der Waals surface area contributed by atoms with Crippen LogP contribution in [0.4, 0.5) is 9.18 Å². The highest BCUT2D eigenvalue weighted by Gasteiger charge is 2.22. The van der Waals surface area contributed by atoms with Gasteiger partial charge in [0, 0.05) is 25.1 Å². The van der Waals surface area contributed by atoms with Crippen LogP contribution in [0.2, 0.25) is 0 Å². The minimum Gasteiger partial charge on any atom is -0.493 e. The number of esters is 1. The zero-order valence-corrected chi connectivity index (χ0v) is 18.0. The van der Waals surface area contributed by atoms with Gasteiger partial charge in [0.2, 0.25) is 0 Å². The number of amidine groups is 1. The summed E-state index contributed by atoms with van der Waals surface area (Å²) < 4.78 is 24.2. The summed E-state index contributed by atoms with van der Waals surface area (Å²) in [7, 11) is 1.27. The average Bonchev–Trinajstić information content (AvgIpc) is 2.73. The molecule has 1 aromatic rings. The molecule has 0 radical (unpaired) electrons. The Morgan fingerprint density at radius 3 is 2.60 bits per heavy atom. The number of aliphatic imine (C=N–C) groups is 1. The van der Waals surface area contributed by atoms with E-state index in [4.69, 9.17) is 10.5 Å². The van der Waals surface area contributed by atoms with E-state index in [0.29, 0.717) is 37.2 Å². The van der Waals surface area contributed by atoms with Crippen molar-refractivity contribution in [2.45, 2.75) is 46.0 Å². The number of carbonyl (C=O) groups is 2. The van der Waals surface area contributed by atoms with E-state index in [1.807, 2.05) is 13.8 Å².